The molecule has 1 aromatic heterocycles. The minimum absolute atomic E-state index is 0.168. The normalized spacial score (nSPS) is 13.4. The Kier molecular flexibility index (Phi) is 7.25. The smallest absolute Gasteiger partial charge is 0.416 e. The second-order valence-electron chi connectivity index (χ2n) is 8.20. The molecular formula is C26H23F4N3O3. The number of amides is 1. The number of hydrogen-bond acceptors (Lipinski definition) is 4. The lowest BCUT2D eigenvalue weighted by atomic mass is 10.0. The third-order valence-electron chi connectivity index (χ3n) is 5.56. The predicted molar refractivity (Wildman–Crippen MR) is 125 cm³/mol. The van der Waals surface area contributed by atoms with Crippen LogP contribution in [0, 0.1) is 5.82 Å². The summed E-state index contributed by atoms with van der Waals surface area (Å²) in [5.74, 6) is -0.313. The van der Waals surface area contributed by atoms with E-state index in [0.717, 1.165) is 23.0 Å². The number of halogens is 4. The molecule has 2 atom stereocenters. The van der Waals surface area contributed by atoms with Gasteiger partial charge in [-0.05, 0) is 67.1 Å². The van der Waals surface area contributed by atoms with E-state index in [0.29, 0.717) is 17.0 Å². The van der Waals surface area contributed by atoms with Crippen LogP contribution in [0.1, 0.15) is 24.2 Å². The molecule has 0 aliphatic heterocycles. The fourth-order valence-corrected chi connectivity index (χ4v) is 3.84. The number of methoxy groups -OCH3 is 1. The first-order valence-corrected chi connectivity index (χ1v) is 11.0. The number of carbonyl (C=O) groups excluding carboxylic acids is 1. The number of rotatable bonds is 8. The van der Waals surface area contributed by atoms with Crippen molar-refractivity contribution in [2.24, 2.45) is 0 Å². The van der Waals surface area contributed by atoms with E-state index in [2.05, 4.69) is 10.4 Å². The van der Waals surface area contributed by atoms with Crippen LogP contribution in [0.25, 0.3) is 16.6 Å². The van der Waals surface area contributed by atoms with Crippen LogP contribution in [-0.4, -0.2) is 35.4 Å². The van der Waals surface area contributed by atoms with Gasteiger partial charge < -0.3 is 14.8 Å². The molecule has 1 N–H and O–H groups in total. The number of alkyl halides is 3. The number of aromatic nitrogens is 2. The van der Waals surface area contributed by atoms with E-state index in [4.69, 9.17) is 9.47 Å². The van der Waals surface area contributed by atoms with Crippen molar-refractivity contribution in [3.8, 4) is 11.4 Å². The molecule has 10 heteroatoms. The molecule has 3 aromatic carbocycles. The highest BCUT2D eigenvalue weighted by Gasteiger charge is 2.31. The maximum Gasteiger partial charge on any atom is 0.416 e. The fraction of sp³-hybridized carbons (Fsp3) is 0.231. The van der Waals surface area contributed by atoms with Gasteiger partial charge in [0.25, 0.3) is 0 Å². The zero-order valence-electron chi connectivity index (χ0n) is 19.4. The first-order valence-electron chi connectivity index (χ1n) is 11.0. The summed E-state index contributed by atoms with van der Waals surface area (Å²) in [4.78, 5) is 12.1. The molecule has 0 fully saturated rings. The molecule has 1 amide bonds. The lowest BCUT2D eigenvalue weighted by Crippen LogP contribution is -2.40. The highest BCUT2D eigenvalue weighted by Crippen LogP contribution is 2.32. The van der Waals surface area contributed by atoms with Crippen LogP contribution in [-0.2, 0) is 15.7 Å². The van der Waals surface area contributed by atoms with Gasteiger partial charge in [0.15, 0.2) is 0 Å². The molecule has 6 nitrogen and oxygen atoms in total. The Bertz CT molecular complexity index is 1340. The Balaban J connectivity index is 1.63. The van der Waals surface area contributed by atoms with Crippen molar-refractivity contribution in [3.05, 3.63) is 89.9 Å². The van der Waals surface area contributed by atoms with Gasteiger partial charge >= 0.3 is 6.18 Å². The molecule has 0 spiro atoms. The van der Waals surface area contributed by atoms with Crippen molar-refractivity contribution >= 4 is 16.8 Å². The minimum Gasteiger partial charge on any atom is -0.484 e. The summed E-state index contributed by atoms with van der Waals surface area (Å²) in [6.45, 7) is 1.53. The van der Waals surface area contributed by atoms with Gasteiger partial charge in [-0.25, -0.2) is 9.07 Å². The highest BCUT2D eigenvalue weighted by molar-refractivity contribution is 5.82. The van der Waals surface area contributed by atoms with Gasteiger partial charge in [0.1, 0.15) is 24.3 Å². The van der Waals surface area contributed by atoms with Crippen molar-refractivity contribution in [3.63, 3.8) is 0 Å². The molecule has 0 aliphatic rings. The number of nitrogens with zero attached hydrogens (tertiary/aromatic N) is 2. The lowest BCUT2D eigenvalue weighted by Gasteiger charge is -2.27. The Hall–Kier alpha value is -3.92. The topological polar surface area (TPSA) is 65.4 Å². The van der Waals surface area contributed by atoms with E-state index in [9.17, 15) is 22.4 Å². The van der Waals surface area contributed by atoms with Crippen LogP contribution >= 0.6 is 0 Å². The number of nitrogens with one attached hydrogen (secondary N) is 1. The van der Waals surface area contributed by atoms with Crippen molar-refractivity contribution in [1.82, 2.24) is 15.1 Å². The lowest BCUT2D eigenvalue weighted by molar-refractivity contribution is -0.137. The van der Waals surface area contributed by atoms with Gasteiger partial charge in [0.05, 0.1) is 29.0 Å². The molecule has 188 valence electrons. The van der Waals surface area contributed by atoms with E-state index in [1.54, 1.807) is 48.1 Å². The summed E-state index contributed by atoms with van der Waals surface area (Å²) in [5, 5.41) is 7.85. The maximum atomic E-state index is 13.3. The number of ether oxygens (including phenoxy) is 2. The van der Waals surface area contributed by atoms with Gasteiger partial charge in [-0.15, -0.1) is 0 Å². The number of fused-ring (bicyclic) bond motifs is 1. The molecule has 0 radical (unpaired) electrons. The van der Waals surface area contributed by atoms with Gasteiger partial charge in [-0.1, -0.05) is 12.1 Å². The summed E-state index contributed by atoms with van der Waals surface area (Å²) >= 11 is 0. The van der Waals surface area contributed by atoms with E-state index in [-0.39, 0.29) is 18.3 Å². The zero-order chi connectivity index (χ0) is 25.9. The van der Waals surface area contributed by atoms with E-state index in [1.807, 2.05) is 0 Å². The van der Waals surface area contributed by atoms with Crippen LogP contribution in [0.15, 0.2) is 72.9 Å². The summed E-state index contributed by atoms with van der Waals surface area (Å²) < 4.78 is 65.1. The monoisotopic (exact) mass is 501 g/mol. The van der Waals surface area contributed by atoms with E-state index >= 15 is 0 Å². The quantitative estimate of drug-likeness (QED) is 0.326. The Labute approximate surface area is 204 Å². The third kappa shape index (κ3) is 5.65. The maximum absolute atomic E-state index is 13.3. The summed E-state index contributed by atoms with van der Waals surface area (Å²) in [5.41, 5.74) is 1.10. The molecule has 4 rings (SSSR count). The van der Waals surface area contributed by atoms with Crippen LogP contribution < -0.4 is 10.1 Å². The molecule has 0 saturated heterocycles. The highest BCUT2D eigenvalue weighted by atomic mass is 19.4. The second kappa shape index (κ2) is 10.4. The molecule has 1 heterocycles. The van der Waals surface area contributed by atoms with Crippen molar-refractivity contribution in [2.45, 2.75) is 25.2 Å². The van der Waals surface area contributed by atoms with Gasteiger partial charge in [-0.3, -0.25) is 4.79 Å². The number of carbonyl (C=O) groups is 1. The Morgan fingerprint density at radius 3 is 2.39 bits per heavy atom. The largest absolute Gasteiger partial charge is 0.484 e. The summed E-state index contributed by atoms with van der Waals surface area (Å²) in [6, 6.07) is 15.1. The fourth-order valence-electron chi connectivity index (χ4n) is 3.84. The molecule has 0 aliphatic carbocycles. The average molecular weight is 501 g/mol. The minimum atomic E-state index is -4.47. The van der Waals surface area contributed by atoms with Crippen molar-refractivity contribution < 1.29 is 31.8 Å². The van der Waals surface area contributed by atoms with E-state index < -0.39 is 23.9 Å². The van der Waals surface area contributed by atoms with Crippen molar-refractivity contribution in [1.29, 1.82) is 0 Å². The zero-order valence-corrected chi connectivity index (χ0v) is 19.4. The molecule has 36 heavy (non-hydrogen) atoms. The predicted octanol–water partition coefficient (Wildman–Crippen LogP) is 5.45. The molecule has 2 unspecified atom stereocenters. The number of benzene rings is 3. The van der Waals surface area contributed by atoms with Gasteiger partial charge in [0, 0.05) is 12.5 Å². The third-order valence-corrected chi connectivity index (χ3v) is 5.56. The van der Waals surface area contributed by atoms with Gasteiger partial charge in [-0.2, -0.15) is 18.3 Å². The number of hydrogen-bond donors (Lipinski definition) is 1. The average Bonchev–Trinajstić information content (AvgIpc) is 3.26. The van der Waals surface area contributed by atoms with Crippen molar-refractivity contribution in [2.75, 3.05) is 13.7 Å². The molecular weight excluding hydrogens is 478 g/mol. The van der Waals surface area contributed by atoms with Crippen LogP contribution in [0.2, 0.25) is 0 Å². The van der Waals surface area contributed by atoms with Crippen LogP contribution in [0.5, 0.6) is 5.75 Å². The van der Waals surface area contributed by atoms with Gasteiger partial charge in [0.2, 0.25) is 5.91 Å². The second-order valence-corrected chi connectivity index (χ2v) is 8.20. The Morgan fingerprint density at radius 1 is 1.06 bits per heavy atom. The van der Waals surface area contributed by atoms with Crippen LogP contribution in [0.3, 0.4) is 0 Å². The molecule has 0 saturated carbocycles. The molecule has 0 bridgehead atoms. The molecule has 4 aromatic rings. The summed E-state index contributed by atoms with van der Waals surface area (Å²) in [6.07, 6.45) is -3.64. The summed E-state index contributed by atoms with van der Waals surface area (Å²) in [7, 11) is 1.38. The standard InChI is InChI=1S/C26H23F4N3O3/c1-16(32-24(34)15-35-2)25(17-3-5-19(6-4-17)26(28,29)30)36-22-11-12-23-18(13-22)14-31-33(23)21-9-7-20(27)8-10-21/h3-14,16,25H,15H2,1-2H3,(H,32,34). The Morgan fingerprint density at radius 2 is 1.75 bits per heavy atom. The van der Waals surface area contributed by atoms with Crippen LogP contribution in [0.4, 0.5) is 17.6 Å². The first-order chi connectivity index (χ1) is 17.2. The van der Waals surface area contributed by atoms with E-state index in [1.165, 1.54) is 31.4 Å². The first kappa shape index (κ1) is 25.2. The SMILES string of the molecule is COCC(=O)NC(C)C(Oc1ccc2c(cnn2-c2ccc(F)cc2)c1)c1ccc(C(F)(F)F)cc1.